The van der Waals surface area contributed by atoms with E-state index in [1.165, 1.54) is 22.7 Å². The molecule has 1 aliphatic heterocycles. The van der Waals surface area contributed by atoms with Crippen LogP contribution < -0.4 is 11.1 Å². The maximum atomic E-state index is 12.5. The molecule has 3 heterocycles. The van der Waals surface area contributed by atoms with Crippen LogP contribution in [0, 0.1) is 0 Å². The number of amides is 3. The third-order valence-corrected chi connectivity index (χ3v) is 6.12. The minimum Gasteiger partial charge on any atom is -0.366 e. The zero-order valence-electron chi connectivity index (χ0n) is 14.3. The molecule has 0 spiro atoms. The normalized spacial score (nSPS) is 16.3. The second-order valence-corrected chi connectivity index (χ2v) is 7.86. The van der Waals surface area contributed by atoms with Gasteiger partial charge in [-0.25, -0.2) is 0 Å². The fourth-order valence-corrected chi connectivity index (χ4v) is 4.34. The molecule has 7 nitrogen and oxygen atoms in total. The van der Waals surface area contributed by atoms with E-state index in [0.717, 1.165) is 4.88 Å². The van der Waals surface area contributed by atoms with Crippen molar-refractivity contribution in [1.82, 2.24) is 9.80 Å². The number of hydrogen-bond acceptors (Lipinski definition) is 6. The molecular formula is C17H20N4O3S2. The number of hydrogen-bond donors (Lipinski definition) is 2. The molecule has 9 heteroatoms. The highest BCUT2D eigenvalue weighted by molar-refractivity contribution is 7.14. The van der Waals surface area contributed by atoms with Crippen LogP contribution in [0.3, 0.4) is 0 Å². The van der Waals surface area contributed by atoms with Crippen molar-refractivity contribution < 1.29 is 14.4 Å². The number of nitrogens with zero attached hydrogens (tertiary/aromatic N) is 2. The van der Waals surface area contributed by atoms with E-state index >= 15 is 0 Å². The van der Waals surface area contributed by atoms with Gasteiger partial charge in [-0.2, -0.15) is 0 Å². The van der Waals surface area contributed by atoms with Crippen molar-refractivity contribution in [3.8, 4) is 0 Å². The summed E-state index contributed by atoms with van der Waals surface area (Å²) in [7, 11) is 0. The molecule has 2 aromatic heterocycles. The maximum Gasteiger partial charge on any atom is 0.264 e. The monoisotopic (exact) mass is 392 g/mol. The molecule has 0 aliphatic carbocycles. The van der Waals surface area contributed by atoms with Gasteiger partial charge in [-0.15, -0.1) is 22.7 Å². The molecular weight excluding hydrogens is 372 g/mol. The summed E-state index contributed by atoms with van der Waals surface area (Å²) in [5.41, 5.74) is 5.63. The van der Waals surface area contributed by atoms with Crippen LogP contribution >= 0.6 is 22.7 Å². The van der Waals surface area contributed by atoms with Gasteiger partial charge in [0.25, 0.3) is 11.8 Å². The predicted octanol–water partition coefficient (Wildman–Crippen LogP) is 1.69. The molecule has 1 fully saturated rings. The van der Waals surface area contributed by atoms with Gasteiger partial charge in [0.2, 0.25) is 5.91 Å². The highest BCUT2D eigenvalue weighted by atomic mass is 32.1. The van der Waals surface area contributed by atoms with Gasteiger partial charge in [0, 0.05) is 26.2 Å². The lowest BCUT2D eigenvalue weighted by Gasteiger charge is -2.37. The Balaban J connectivity index is 1.55. The molecule has 26 heavy (non-hydrogen) atoms. The number of nitrogens with one attached hydrogen (secondary N) is 1. The van der Waals surface area contributed by atoms with Crippen molar-refractivity contribution in [2.75, 3.05) is 31.5 Å². The Labute approximate surface area is 159 Å². The Morgan fingerprint density at radius 1 is 1.12 bits per heavy atom. The molecule has 0 bridgehead atoms. The molecule has 3 amide bonds. The van der Waals surface area contributed by atoms with Crippen molar-refractivity contribution >= 4 is 45.4 Å². The summed E-state index contributed by atoms with van der Waals surface area (Å²) in [4.78, 5) is 40.8. The minimum absolute atomic E-state index is 0.0430. The van der Waals surface area contributed by atoms with E-state index in [9.17, 15) is 14.4 Å². The number of primary amides is 1. The maximum absolute atomic E-state index is 12.5. The highest BCUT2D eigenvalue weighted by Crippen LogP contribution is 2.23. The van der Waals surface area contributed by atoms with E-state index < -0.39 is 5.91 Å². The summed E-state index contributed by atoms with van der Waals surface area (Å²) in [6.45, 7) is 4.24. The van der Waals surface area contributed by atoms with Crippen LogP contribution in [-0.2, 0) is 4.79 Å². The summed E-state index contributed by atoms with van der Waals surface area (Å²) in [6.07, 6.45) is 0. The third-order valence-electron chi connectivity index (χ3n) is 4.43. The van der Waals surface area contributed by atoms with Gasteiger partial charge in [0.05, 0.1) is 16.5 Å². The fraction of sp³-hybridized carbons (Fsp3) is 0.353. The van der Waals surface area contributed by atoms with E-state index in [1.54, 1.807) is 11.4 Å². The van der Waals surface area contributed by atoms with Crippen molar-refractivity contribution in [2.45, 2.75) is 13.0 Å². The Morgan fingerprint density at radius 3 is 2.46 bits per heavy atom. The van der Waals surface area contributed by atoms with Crippen molar-refractivity contribution in [3.63, 3.8) is 0 Å². The van der Waals surface area contributed by atoms with Crippen LogP contribution in [0.25, 0.3) is 0 Å². The molecule has 138 valence electrons. The van der Waals surface area contributed by atoms with Crippen LogP contribution in [-0.4, -0.2) is 59.7 Å². The molecule has 3 N–H and O–H groups in total. The standard InChI is InChI=1S/C17H20N4O3S2/c1-11(15(23)19-16-12(14(18)22)4-10-26-16)20-5-7-21(8-6-20)17(24)13-3-2-9-25-13/h2-4,9-11H,5-8H2,1H3,(H2,18,22)(H,19,23). The van der Waals surface area contributed by atoms with E-state index in [1.807, 2.05) is 34.2 Å². The van der Waals surface area contributed by atoms with Gasteiger partial charge >= 0.3 is 0 Å². The first kappa shape index (κ1) is 18.6. The van der Waals surface area contributed by atoms with Crippen molar-refractivity contribution in [1.29, 1.82) is 0 Å². The molecule has 2 aromatic rings. The Morgan fingerprint density at radius 2 is 1.85 bits per heavy atom. The smallest absolute Gasteiger partial charge is 0.264 e. The number of carbonyl (C=O) groups excluding carboxylic acids is 3. The van der Waals surface area contributed by atoms with Crippen molar-refractivity contribution in [3.05, 3.63) is 39.4 Å². The fourth-order valence-electron chi connectivity index (χ4n) is 2.85. The second kappa shape index (κ2) is 7.98. The summed E-state index contributed by atoms with van der Waals surface area (Å²) in [5.74, 6) is -0.704. The first-order valence-corrected chi connectivity index (χ1v) is 9.98. The minimum atomic E-state index is -0.560. The third kappa shape index (κ3) is 3.95. The summed E-state index contributed by atoms with van der Waals surface area (Å²) < 4.78 is 0. The number of nitrogens with two attached hydrogens (primary N) is 1. The van der Waals surface area contributed by atoms with Gasteiger partial charge in [0.15, 0.2) is 0 Å². The topological polar surface area (TPSA) is 95.7 Å². The molecule has 3 rings (SSSR count). The molecule has 1 aliphatic rings. The lowest BCUT2D eigenvalue weighted by Crippen LogP contribution is -2.54. The van der Waals surface area contributed by atoms with Crippen LogP contribution in [0.15, 0.2) is 29.0 Å². The number of rotatable bonds is 5. The lowest BCUT2D eigenvalue weighted by atomic mass is 10.2. The molecule has 1 unspecified atom stereocenters. The SMILES string of the molecule is CC(C(=O)Nc1sccc1C(N)=O)N1CCN(C(=O)c2cccs2)CC1. The second-order valence-electron chi connectivity index (χ2n) is 6.00. The molecule has 0 radical (unpaired) electrons. The number of anilines is 1. The van der Waals surface area contributed by atoms with Gasteiger partial charge in [0.1, 0.15) is 5.00 Å². The van der Waals surface area contributed by atoms with Gasteiger partial charge in [-0.1, -0.05) is 6.07 Å². The Kier molecular flexibility index (Phi) is 5.70. The first-order valence-electron chi connectivity index (χ1n) is 8.22. The largest absolute Gasteiger partial charge is 0.366 e. The van der Waals surface area contributed by atoms with Crippen molar-refractivity contribution in [2.24, 2.45) is 5.73 Å². The zero-order chi connectivity index (χ0) is 18.7. The first-order chi connectivity index (χ1) is 12.5. The van der Waals surface area contributed by atoms with E-state index in [0.29, 0.717) is 36.7 Å². The molecule has 0 saturated carbocycles. The van der Waals surface area contributed by atoms with E-state index in [-0.39, 0.29) is 17.9 Å². The number of piperazine rings is 1. The van der Waals surface area contributed by atoms with E-state index in [2.05, 4.69) is 5.32 Å². The lowest BCUT2D eigenvalue weighted by molar-refractivity contribution is -0.121. The van der Waals surface area contributed by atoms with Gasteiger partial charge in [-0.3, -0.25) is 19.3 Å². The average molecular weight is 393 g/mol. The predicted molar refractivity (Wildman–Crippen MR) is 103 cm³/mol. The summed E-state index contributed by atoms with van der Waals surface area (Å²) in [5, 5.41) is 6.86. The van der Waals surface area contributed by atoms with Crippen LogP contribution in [0.4, 0.5) is 5.00 Å². The van der Waals surface area contributed by atoms with Gasteiger partial charge in [-0.05, 0) is 29.8 Å². The molecule has 1 saturated heterocycles. The summed E-state index contributed by atoms with van der Waals surface area (Å²) in [6, 6.07) is 4.93. The van der Waals surface area contributed by atoms with Crippen LogP contribution in [0.2, 0.25) is 0 Å². The zero-order valence-corrected chi connectivity index (χ0v) is 15.9. The highest BCUT2D eigenvalue weighted by Gasteiger charge is 2.28. The molecule has 1 atom stereocenters. The Hall–Kier alpha value is -2.23. The van der Waals surface area contributed by atoms with E-state index in [4.69, 9.17) is 5.73 Å². The van der Waals surface area contributed by atoms with Gasteiger partial charge < -0.3 is 16.0 Å². The quantitative estimate of drug-likeness (QED) is 0.809. The molecule has 0 aromatic carbocycles. The van der Waals surface area contributed by atoms with Crippen LogP contribution in [0.1, 0.15) is 27.0 Å². The summed E-state index contributed by atoms with van der Waals surface area (Å²) >= 11 is 2.71. The Bertz CT molecular complexity index is 795. The number of thiophene rings is 2. The van der Waals surface area contributed by atoms with Crippen LogP contribution in [0.5, 0.6) is 0 Å². The number of carbonyl (C=O) groups is 3. The average Bonchev–Trinajstić information content (AvgIpc) is 3.32.